The molecule has 4 rings (SSSR count). The van der Waals surface area contributed by atoms with Gasteiger partial charge in [0, 0.05) is 18.9 Å². The van der Waals surface area contributed by atoms with Gasteiger partial charge in [-0.05, 0) is 60.8 Å². The standard InChI is InChI=1S/C31H36N2O6/c34-29(21-38-22-12-4-2-1-3-5-13-22)32-19-11-10-18-28(30(35)36)33-31(37)39-20-27-25-16-8-6-14-23(25)24-15-7-9-17-26(24)27/h6-9,14-17,22,27-28H,1-4,10-12,18-21H2,(H,32,34)(H,33,37)(H,35,36)/t22?,28-/m1/s1. The number of alkyl carbamates (subject to hydrolysis) is 1. The van der Waals surface area contributed by atoms with E-state index in [1.807, 2.05) is 36.4 Å². The lowest BCUT2D eigenvalue weighted by molar-refractivity contribution is -0.139. The number of fused-ring (bicyclic) bond motifs is 3. The third-order valence-electron chi connectivity index (χ3n) is 7.12. The molecule has 8 nitrogen and oxygen atoms in total. The fourth-order valence-electron chi connectivity index (χ4n) is 5.07. The van der Waals surface area contributed by atoms with Crippen molar-refractivity contribution in [3.63, 3.8) is 0 Å². The van der Waals surface area contributed by atoms with Crippen LogP contribution in [-0.2, 0) is 19.1 Å². The Bertz CT molecular complexity index is 1170. The number of carboxylic acid groups (broad SMARTS) is 1. The van der Waals surface area contributed by atoms with Crippen molar-refractivity contribution in [2.24, 2.45) is 0 Å². The first kappa shape index (κ1) is 28.2. The molecule has 39 heavy (non-hydrogen) atoms. The zero-order chi connectivity index (χ0) is 27.5. The van der Waals surface area contributed by atoms with E-state index in [1.165, 1.54) is 0 Å². The van der Waals surface area contributed by atoms with Gasteiger partial charge in [0.15, 0.2) is 0 Å². The highest BCUT2D eigenvalue weighted by molar-refractivity contribution is 5.81. The molecule has 206 valence electrons. The summed E-state index contributed by atoms with van der Waals surface area (Å²) in [5, 5.41) is 14.8. The molecule has 2 aromatic rings. The monoisotopic (exact) mass is 532 g/mol. The quantitative estimate of drug-likeness (QED) is 0.272. The Labute approximate surface area is 229 Å². The van der Waals surface area contributed by atoms with Crippen molar-refractivity contribution in [2.75, 3.05) is 19.8 Å². The van der Waals surface area contributed by atoms with Crippen molar-refractivity contribution in [3.05, 3.63) is 59.7 Å². The van der Waals surface area contributed by atoms with Gasteiger partial charge in [0.25, 0.3) is 0 Å². The Balaban J connectivity index is 1.15. The fourth-order valence-corrected chi connectivity index (χ4v) is 5.07. The number of unbranched alkanes of at least 4 members (excludes halogenated alkanes) is 1. The summed E-state index contributed by atoms with van der Waals surface area (Å²) < 4.78 is 11.1. The Morgan fingerprint density at radius 2 is 1.69 bits per heavy atom. The summed E-state index contributed by atoms with van der Waals surface area (Å²) in [6.07, 6.45) is 5.37. The molecule has 0 heterocycles. The third kappa shape index (κ3) is 8.08. The zero-order valence-electron chi connectivity index (χ0n) is 22.1. The Kier molecular flexibility index (Phi) is 10.4. The number of hydrogen-bond acceptors (Lipinski definition) is 5. The second-order valence-corrected chi connectivity index (χ2v) is 9.93. The normalized spacial score (nSPS) is 16.9. The van der Waals surface area contributed by atoms with Crippen LogP contribution in [0.25, 0.3) is 11.1 Å². The largest absolute Gasteiger partial charge is 0.480 e. The SMILES string of the molecule is O=C(COC1C#CCCCCC1)NCCCC[C@@H](NC(=O)OCC1c2ccccc2-c2ccccc21)C(=O)O. The van der Waals surface area contributed by atoms with Crippen LogP contribution in [0.1, 0.15) is 68.4 Å². The minimum absolute atomic E-state index is 0.0412. The molecule has 2 aliphatic carbocycles. The summed E-state index contributed by atoms with van der Waals surface area (Å²) in [4.78, 5) is 36.3. The van der Waals surface area contributed by atoms with E-state index < -0.39 is 18.1 Å². The fraction of sp³-hybridized carbons (Fsp3) is 0.452. The van der Waals surface area contributed by atoms with Gasteiger partial charge in [-0.25, -0.2) is 9.59 Å². The second-order valence-electron chi connectivity index (χ2n) is 9.93. The predicted molar refractivity (Wildman–Crippen MR) is 147 cm³/mol. The molecule has 1 unspecified atom stereocenters. The number of carbonyl (C=O) groups is 3. The number of carboxylic acids is 1. The number of amides is 2. The molecule has 8 heteroatoms. The lowest BCUT2D eigenvalue weighted by Gasteiger charge is -2.17. The van der Waals surface area contributed by atoms with E-state index in [9.17, 15) is 19.5 Å². The highest BCUT2D eigenvalue weighted by Crippen LogP contribution is 2.44. The molecule has 0 bridgehead atoms. The predicted octanol–water partition coefficient (Wildman–Crippen LogP) is 4.62. The number of benzene rings is 2. The van der Waals surface area contributed by atoms with Crippen molar-refractivity contribution in [1.82, 2.24) is 10.6 Å². The number of rotatable bonds is 12. The van der Waals surface area contributed by atoms with Crippen LogP contribution in [-0.4, -0.2) is 55.0 Å². The lowest BCUT2D eigenvalue weighted by atomic mass is 9.98. The summed E-state index contributed by atoms with van der Waals surface area (Å²) in [7, 11) is 0. The third-order valence-corrected chi connectivity index (χ3v) is 7.12. The van der Waals surface area contributed by atoms with Gasteiger partial charge in [-0.1, -0.05) is 60.9 Å². The Morgan fingerprint density at radius 3 is 2.41 bits per heavy atom. The summed E-state index contributed by atoms with van der Waals surface area (Å²) >= 11 is 0. The molecule has 0 saturated heterocycles. The van der Waals surface area contributed by atoms with Crippen molar-refractivity contribution in [1.29, 1.82) is 0 Å². The van der Waals surface area contributed by atoms with Gasteiger partial charge in [-0.15, -0.1) is 5.92 Å². The molecule has 2 aliphatic rings. The van der Waals surface area contributed by atoms with E-state index in [2.05, 4.69) is 34.6 Å². The minimum Gasteiger partial charge on any atom is -0.480 e. The van der Waals surface area contributed by atoms with Crippen LogP contribution >= 0.6 is 0 Å². The first-order valence-corrected chi connectivity index (χ1v) is 13.7. The molecule has 2 amide bonds. The lowest BCUT2D eigenvalue weighted by Crippen LogP contribution is -2.41. The summed E-state index contributed by atoms with van der Waals surface area (Å²) in [6.45, 7) is 0.475. The maximum absolute atomic E-state index is 12.5. The molecule has 3 N–H and O–H groups in total. The van der Waals surface area contributed by atoms with Gasteiger partial charge < -0.3 is 25.2 Å². The number of aliphatic carboxylic acids is 1. The number of carbonyl (C=O) groups excluding carboxylic acids is 2. The molecule has 0 spiro atoms. The summed E-state index contributed by atoms with van der Waals surface area (Å²) in [5.41, 5.74) is 4.42. The van der Waals surface area contributed by atoms with Crippen LogP contribution in [0.3, 0.4) is 0 Å². The highest BCUT2D eigenvalue weighted by Gasteiger charge is 2.29. The van der Waals surface area contributed by atoms with Gasteiger partial charge >= 0.3 is 12.1 Å². The van der Waals surface area contributed by atoms with Gasteiger partial charge in [-0.2, -0.15) is 0 Å². The number of hydrogen-bond donors (Lipinski definition) is 3. The van der Waals surface area contributed by atoms with E-state index in [0.29, 0.717) is 19.4 Å². The van der Waals surface area contributed by atoms with Crippen molar-refractivity contribution in [3.8, 4) is 23.0 Å². The van der Waals surface area contributed by atoms with Crippen molar-refractivity contribution >= 4 is 18.0 Å². The van der Waals surface area contributed by atoms with Crippen molar-refractivity contribution < 1.29 is 29.0 Å². The maximum atomic E-state index is 12.5. The van der Waals surface area contributed by atoms with E-state index in [1.54, 1.807) is 0 Å². The van der Waals surface area contributed by atoms with Gasteiger partial charge in [0.2, 0.25) is 5.91 Å². The number of nitrogens with one attached hydrogen (secondary N) is 2. The van der Waals surface area contributed by atoms with Gasteiger partial charge in [-0.3, -0.25) is 4.79 Å². The molecule has 0 aliphatic heterocycles. The van der Waals surface area contributed by atoms with E-state index >= 15 is 0 Å². The highest BCUT2D eigenvalue weighted by atomic mass is 16.5. The molecule has 2 atom stereocenters. The molecule has 0 fully saturated rings. The zero-order valence-corrected chi connectivity index (χ0v) is 22.1. The Morgan fingerprint density at radius 1 is 0.974 bits per heavy atom. The van der Waals surface area contributed by atoms with Crippen LogP contribution < -0.4 is 10.6 Å². The van der Waals surface area contributed by atoms with Gasteiger partial charge in [0.1, 0.15) is 25.4 Å². The van der Waals surface area contributed by atoms with E-state index in [-0.39, 0.29) is 37.6 Å². The van der Waals surface area contributed by atoms with Crippen LogP contribution in [0.4, 0.5) is 4.79 Å². The topological polar surface area (TPSA) is 114 Å². The molecule has 2 aromatic carbocycles. The van der Waals surface area contributed by atoms with Crippen molar-refractivity contribution in [2.45, 2.75) is 69.4 Å². The maximum Gasteiger partial charge on any atom is 0.407 e. The summed E-state index contributed by atoms with van der Waals surface area (Å²) in [5.74, 6) is 4.72. The smallest absolute Gasteiger partial charge is 0.407 e. The molecule has 0 saturated carbocycles. The van der Waals surface area contributed by atoms with Gasteiger partial charge in [0.05, 0.1) is 0 Å². The van der Waals surface area contributed by atoms with Crippen LogP contribution in [0.15, 0.2) is 48.5 Å². The average Bonchev–Trinajstić information content (AvgIpc) is 3.24. The molecular formula is C31H36N2O6. The molecule has 0 aromatic heterocycles. The minimum atomic E-state index is -1.12. The molecular weight excluding hydrogens is 496 g/mol. The van der Waals surface area contributed by atoms with E-state index in [4.69, 9.17) is 9.47 Å². The molecule has 0 radical (unpaired) electrons. The second kappa shape index (κ2) is 14.4. The van der Waals surface area contributed by atoms with Crippen LogP contribution in [0.2, 0.25) is 0 Å². The first-order valence-electron chi connectivity index (χ1n) is 13.7. The first-order chi connectivity index (χ1) is 19.0. The average molecular weight is 533 g/mol. The summed E-state index contributed by atoms with van der Waals surface area (Å²) in [6, 6.07) is 15.0. The number of ether oxygens (including phenoxy) is 2. The van der Waals surface area contributed by atoms with E-state index in [0.717, 1.165) is 54.4 Å². The van der Waals surface area contributed by atoms with Crippen LogP contribution in [0.5, 0.6) is 0 Å². The Hall–Kier alpha value is -3.83. The van der Waals surface area contributed by atoms with Crippen LogP contribution in [0, 0.1) is 11.8 Å².